The summed E-state index contributed by atoms with van der Waals surface area (Å²) in [5.41, 5.74) is -0.278. The largest absolute Gasteiger partial charge is 0.394 e. The third-order valence-electron chi connectivity index (χ3n) is 8.12. The van der Waals surface area contributed by atoms with E-state index in [2.05, 4.69) is 11.9 Å². The van der Waals surface area contributed by atoms with Gasteiger partial charge >= 0.3 is 5.69 Å². The lowest BCUT2D eigenvalue weighted by Crippen LogP contribution is -2.36. The lowest BCUT2D eigenvalue weighted by atomic mass is 10.0. The lowest BCUT2D eigenvalue weighted by molar-refractivity contribution is -0.118. The van der Waals surface area contributed by atoms with Gasteiger partial charge in [-0.25, -0.2) is 4.79 Å². The van der Waals surface area contributed by atoms with E-state index in [1.165, 1.54) is 109 Å². The van der Waals surface area contributed by atoms with Crippen LogP contribution in [0.4, 0.5) is 0 Å². The first-order valence-electron chi connectivity index (χ1n) is 16.2. The third kappa shape index (κ3) is 13.4. The zero-order valence-corrected chi connectivity index (χ0v) is 25.0. The SMILES string of the molecule is CCCCCCCCCCCCCCCCCCCCCC(=O)Cc1ccn([C@@H]2O[C@H](CO)[C@@H](O)[C@@H]2O)c(=O)n1. The maximum Gasteiger partial charge on any atom is 0.350 e. The number of hydrogen-bond donors (Lipinski definition) is 3. The van der Waals surface area contributed by atoms with Crippen LogP contribution in [0.15, 0.2) is 17.1 Å². The average Bonchev–Trinajstić information content (AvgIpc) is 3.23. The van der Waals surface area contributed by atoms with Gasteiger partial charge < -0.3 is 20.1 Å². The molecule has 0 amide bonds. The Morgan fingerprint density at radius 2 is 1.27 bits per heavy atom. The van der Waals surface area contributed by atoms with Gasteiger partial charge in [0.05, 0.1) is 12.3 Å². The molecule has 1 aliphatic heterocycles. The summed E-state index contributed by atoms with van der Waals surface area (Å²) in [4.78, 5) is 28.7. The second-order valence-electron chi connectivity index (χ2n) is 11.7. The zero-order chi connectivity index (χ0) is 29.0. The van der Waals surface area contributed by atoms with Gasteiger partial charge in [-0.15, -0.1) is 0 Å². The minimum Gasteiger partial charge on any atom is -0.394 e. The molecule has 1 aromatic rings. The van der Waals surface area contributed by atoms with Gasteiger partial charge in [0.25, 0.3) is 0 Å². The van der Waals surface area contributed by atoms with E-state index in [1.54, 1.807) is 6.07 Å². The minimum absolute atomic E-state index is 0.0598. The van der Waals surface area contributed by atoms with Crippen LogP contribution in [0, 0.1) is 0 Å². The number of hydrogen-bond acceptors (Lipinski definition) is 7. The van der Waals surface area contributed by atoms with Crippen LogP contribution >= 0.6 is 0 Å². The summed E-state index contributed by atoms with van der Waals surface area (Å²) in [5.74, 6) is 0.0598. The predicted octanol–water partition coefficient (Wildman–Crippen LogP) is 5.79. The highest BCUT2D eigenvalue weighted by molar-refractivity contribution is 5.80. The first-order valence-corrected chi connectivity index (χ1v) is 16.2. The van der Waals surface area contributed by atoms with Crippen LogP contribution in [0.3, 0.4) is 0 Å². The summed E-state index contributed by atoms with van der Waals surface area (Å²) in [5, 5.41) is 29.2. The van der Waals surface area contributed by atoms with Gasteiger partial charge in [0.1, 0.15) is 24.1 Å². The molecule has 8 nitrogen and oxygen atoms in total. The molecular formula is C32H56N2O6. The van der Waals surface area contributed by atoms with E-state index in [0.29, 0.717) is 12.1 Å². The molecule has 0 aliphatic carbocycles. The number of Topliss-reactive ketones (excluding diaryl/α,β-unsaturated/α-hetero) is 1. The smallest absolute Gasteiger partial charge is 0.350 e. The van der Waals surface area contributed by atoms with Gasteiger partial charge in [0, 0.05) is 19.0 Å². The number of rotatable bonds is 24. The quantitative estimate of drug-likeness (QED) is 0.136. The van der Waals surface area contributed by atoms with E-state index in [1.807, 2.05) is 0 Å². The highest BCUT2D eigenvalue weighted by Gasteiger charge is 2.43. The van der Waals surface area contributed by atoms with Crippen molar-refractivity contribution < 1.29 is 24.9 Å². The maximum atomic E-state index is 12.4. The Balaban J connectivity index is 1.43. The summed E-state index contributed by atoms with van der Waals surface area (Å²) in [6, 6.07) is 1.56. The second-order valence-corrected chi connectivity index (χ2v) is 11.7. The van der Waals surface area contributed by atoms with Crippen LogP contribution in [-0.4, -0.2) is 55.6 Å². The number of unbranched alkanes of at least 4 members (excludes halogenated alkanes) is 18. The van der Waals surface area contributed by atoms with Gasteiger partial charge in [-0.2, -0.15) is 4.98 Å². The van der Waals surface area contributed by atoms with Crippen LogP contribution in [0.1, 0.15) is 147 Å². The summed E-state index contributed by atoms with van der Waals surface area (Å²) >= 11 is 0. The van der Waals surface area contributed by atoms with Crippen LogP contribution in [0.2, 0.25) is 0 Å². The van der Waals surface area contributed by atoms with Crippen molar-refractivity contribution in [3.63, 3.8) is 0 Å². The Morgan fingerprint density at radius 3 is 1.70 bits per heavy atom. The van der Waals surface area contributed by atoms with E-state index in [9.17, 15) is 24.9 Å². The molecule has 0 unspecified atom stereocenters. The number of aromatic nitrogens is 2. The van der Waals surface area contributed by atoms with Gasteiger partial charge in [0.2, 0.25) is 0 Å². The Hall–Kier alpha value is -1.61. The van der Waals surface area contributed by atoms with Crippen molar-refractivity contribution >= 4 is 5.78 Å². The van der Waals surface area contributed by atoms with Gasteiger partial charge in [-0.05, 0) is 12.5 Å². The van der Waals surface area contributed by atoms with Crippen molar-refractivity contribution in [3.8, 4) is 0 Å². The highest BCUT2D eigenvalue weighted by atomic mass is 16.6. The Morgan fingerprint density at radius 1 is 0.800 bits per heavy atom. The fourth-order valence-corrected chi connectivity index (χ4v) is 5.54. The second kappa shape index (κ2) is 21.1. The fourth-order valence-electron chi connectivity index (χ4n) is 5.54. The third-order valence-corrected chi connectivity index (χ3v) is 8.12. The van der Waals surface area contributed by atoms with E-state index in [0.717, 1.165) is 23.8 Å². The topological polar surface area (TPSA) is 122 Å². The van der Waals surface area contributed by atoms with E-state index in [4.69, 9.17) is 4.74 Å². The molecular weight excluding hydrogens is 508 g/mol. The Kier molecular flexibility index (Phi) is 18.3. The maximum absolute atomic E-state index is 12.4. The molecule has 3 N–H and O–H groups in total. The molecule has 2 rings (SSSR count). The molecule has 40 heavy (non-hydrogen) atoms. The molecule has 1 aromatic heterocycles. The van der Waals surface area contributed by atoms with E-state index < -0.39 is 36.8 Å². The van der Waals surface area contributed by atoms with Crippen LogP contribution < -0.4 is 5.69 Å². The van der Waals surface area contributed by atoms with Crippen molar-refractivity contribution in [2.24, 2.45) is 0 Å². The average molecular weight is 565 g/mol. The number of carbonyl (C=O) groups excluding carboxylic acids is 1. The number of nitrogens with zero attached hydrogens (tertiary/aromatic N) is 2. The van der Waals surface area contributed by atoms with Crippen molar-refractivity contribution in [3.05, 3.63) is 28.4 Å². The Bertz CT molecular complexity index is 860. The summed E-state index contributed by atoms with van der Waals surface area (Å²) in [6.07, 6.45) is 22.3. The van der Waals surface area contributed by atoms with Crippen molar-refractivity contribution in [2.75, 3.05) is 6.61 Å². The molecule has 230 valence electrons. The van der Waals surface area contributed by atoms with E-state index >= 15 is 0 Å². The van der Waals surface area contributed by atoms with Gasteiger partial charge in [0.15, 0.2) is 6.23 Å². The Labute approximate surface area is 241 Å². The first-order chi connectivity index (χ1) is 19.5. The zero-order valence-electron chi connectivity index (χ0n) is 25.0. The first kappa shape index (κ1) is 34.6. The van der Waals surface area contributed by atoms with Crippen LogP contribution in [0.25, 0.3) is 0 Å². The lowest BCUT2D eigenvalue weighted by Gasteiger charge is -2.17. The molecule has 1 fully saturated rings. The summed E-state index contributed by atoms with van der Waals surface area (Å²) in [6.45, 7) is 1.80. The molecule has 8 heteroatoms. The highest BCUT2D eigenvalue weighted by Crippen LogP contribution is 2.28. The van der Waals surface area contributed by atoms with E-state index in [-0.39, 0.29) is 12.2 Å². The number of aliphatic hydroxyl groups is 3. The molecule has 0 aromatic carbocycles. The molecule has 0 spiro atoms. The molecule has 1 saturated heterocycles. The minimum atomic E-state index is -1.35. The number of carbonyl (C=O) groups is 1. The van der Waals surface area contributed by atoms with Crippen LogP contribution in [0.5, 0.6) is 0 Å². The molecule has 0 bridgehead atoms. The molecule has 0 radical (unpaired) electrons. The number of ketones is 1. The fraction of sp³-hybridized carbons (Fsp3) is 0.844. The van der Waals surface area contributed by atoms with Gasteiger partial charge in [-0.3, -0.25) is 9.36 Å². The number of aliphatic hydroxyl groups excluding tert-OH is 3. The monoisotopic (exact) mass is 564 g/mol. The molecule has 0 saturated carbocycles. The van der Waals surface area contributed by atoms with Crippen molar-refractivity contribution in [2.45, 2.75) is 166 Å². The van der Waals surface area contributed by atoms with Crippen molar-refractivity contribution in [1.29, 1.82) is 0 Å². The standard InChI is InChI=1S/C32H56N2O6/c1-2-3-4-5-6-7-8-9-10-11-12-13-14-15-16-17-18-19-20-21-27(36)24-26-22-23-34(32(39)33-26)31-30(38)29(37)28(25-35)40-31/h22-23,28-31,35,37-38H,2-21,24-25H2,1H3/t28-,29-,30+,31-/m1/s1. The summed E-state index contributed by atoms with van der Waals surface area (Å²) in [7, 11) is 0. The molecule has 2 heterocycles. The molecule has 1 aliphatic rings. The molecule has 4 atom stereocenters. The predicted molar refractivity (Wildman–Crippen MR) is 158 cm³/mol. The normalized spacial score (nSPS) is 20.8. The van der Waals surface area contributed by atoms with Crippen molar-refractivity contribution in [1.82, 2.24) is 9.55 Å². The number of ether oxygens (including phenoxy) is 1. The van der Waals surface area contributed by atoms with Crippen LogP contribution in [-0.2, 0) is 16.0 Å². The van der Waals surface area contributed by atoms with Gasteiger partial charge in [-0.1, -0.05) is 122 Å². The summed E-state index contributed by atoms with van der Waals surface area (Å²) < 4.78 is 6.46.